The van der Waals surface area contributed by atoms with Crippen LogP contribution >= 0.6 is 0 Å². The Bertz CT molecular complexity index is 350. The van der Waals surface area contributed by atoms with Gasteiger partial charge in [0, 0.05) is 11.6 Å². The molecule has 84 valence electrons. The number of benzene rings is 1. The van der Waals surface area contributed by atoms with Gasteiger partial charge in [0.1, 0.15) is 0 Å². The molecule has 0 unspecified atom stereocenters. The molecule has 3 heteroatoms. The maximum atomic E-state index is 13.2. The number of aromatic hydroxyl groups is 1. The maximum absolute atomic E-state index is 13.2. The molecule has 0 radical (unpaired) electrons. The highest BCUT2D eigenvalue weighted by atomic mass is 19.1. The summed E-state index contributed by atoms with van der Waals surface area (Å²) in [5.74, 6) is -0.485. The summed E-state index contributed by atoms with van der Waals surface area (Å²) in [6.07, 6.45) is 0.733. The van der Waals surface area contributed by atoms with Gasteiger partial charge >= 0.3 is 0 Å². The van der Waals surface area contributed by atoms with Crippen LogP contribution in [0.15, 0.2) is 12.1 Å². The molecule has 0 aromatic heterocycles. The molecule has 1 aromatic rings. The number of nitrogens with two attached hydrogens (primary N) is 1. The van der Waals surface area contributed by atoms with Crippen molar-refractivity contribution >= 4 is 0 Å². The lowest BCUT2D eigenvalue weighted by atomic mass is 9.96. The van der Waals surface area contributed by atoms with Crippen molar-refractivity contribution in [1.82, 2.24) is 0 Å². The molecule has 0 bridgehead atoms. The SMILES string of the molecule is Cc1cc(F)c(O)c([C@@H](N)CC(C)C)c1. The van der Waals surface area contributed by atoms with Gasteiger partial charge in [-0.25, -0.2) is 4.39 Å². The first-order valence-electron chi connectivity index (χ1n) is 5.16. The Balaban J connectivity index is 3.02. The highest BCUT2D eigenvalue weighted by molar-refractivity contribution is 5.39. The molecule has 0 heterocycles. The zero-order valence-corrected chi connectivity index (χ0v) is 9.42. The van der Waals surface area contributed by atoms with Gasteiger partial charge in [0.05, 0.1) is 0 Å². The fraction of sp³-hybridized carbons (Fsp3) is 0.500. The molecule has 0 saturated carbocycles. The minimum atomic E-state index is -0.593. The Hall–Kier alpha value is -1.09. The highest BCUT2D eigenvalue weighted by Crippen LogP contribution is 2.30. The maximum Gasteiger partial charge on any atom is 0.165 e. The number of hydrogen-bond donors (Lipinski definition) is 2. The van der Waals surface area contributed by atoms with Crippen LogP contribution < -0.4 is 5.73 Å². The molecule has 2 nitrogen and oxygen atoms in total. The van der Waals surface area contributed by atoms with Gasteiger partial charge in [-0.15, -0.1) is 0 Å². The van der Waals surface area contributed by atoms with Crippen LogP contribution in [-0.2, 0) is 0 Å². The Labute approximate surface area is 89.9 Å². The summed E-state index contributed by atoms with van der Waals surface area (Å²) >= 11 is 0. The van der Waals surface area contributed by atoms with Crippen molar-refractivity contribution < 1.29 is 9.50 Å². The minimum Gasteiger partial charge on any atom is -0.505 e. The van der Waals surface area contributed by atoms with Gasteiger partial charge in [-0.05, 0) is 30.9 Å². The Morgan fingerprint density at radius 2 is 2.00 bits per heavy atom. The van der Waals surface area contributed by atoms with Crippen LogP contribution in [0.1, 0.15) is 37.4 Å². The molecular weight excluding hydrogens is 193 g/mol. The van der Waals surface area contributed by atoms with Crippen LogP contribution in [-0.4, -0.2) is 5.11 Å². The Morgan fingerprint density at radius 3 is 2.53 bits per heavy atom. The molecule has 0 aliphatic carbocycles. The lowest BCUT2D eigenvalue weighted by Crippen LogP contribution is -2.13. The van der Waals surface area contributed by atoms with Gasteiger partial charge < -0.3 is 10.8 Å². The summed E-state index contributed by atoms with van der Waals surface area (Å²) in [4.78, 5) is 0. The fourth-order valence-electron chi connectivity index (χ4n) is 1.68. The van der Waals surface area contributed by atoms with Gasteiger partial charge in [0.25, 0.3) is 0 Å². The summed E-state index contributed by atoms with van der Waals surface area (Å²) in [7, 11) is 0. The topological polar surface area (TPSA) is 46.2 Å². The van der Waals surface area contributed by atoms with Gasteiger partial charge in [-0.2, -0.15) is 0 Å². The van der Waals surface area contributed by atoms with Crippen LogP contribution in [0.2, 0.25) is 0 Å². The molecule has 0 aliphatic heterocycles. The third kappa shape index (κ3) is 2.93. The van der Waals surface area contributed by atoms with E-state index in [-0.39, 0.29) is 11.8 Å². The zero-order valence-electron chi connectivity index (χ0n) is 9.42. The summed E-state index contributed by atoms with van der Waals surface area (Å²) < 4.78 is 13.2. The third-order valence-corrected chi connectivity index (χ3v) is 2.36. The summed E-state index contributed by atoms with van der Waals surface area (Å²) in [5.41, 5.74) is 7.19. The highest BCUT2D eigenvalue weighted by Gasteiger charge is 2.16. The minimum absolute atomic E-state index is 0.306. The van der Waals surface area contributed by atoms with Crippen molar-refractivity contribution in [3.63, 3.8) is 0 Å². The first-order valence-corrected chi connectivity index (χ1v) is 5.16. The first-order chi connectivity index (χ1) is 6.91. The van der Waals surface area contributed by atoms with E-state index in [1.807, 2.05) is 13.8 Å². The van der Waals surface area contributed by atoms with Gasteiger partial charge in [-0.1, -0.05) is 19.9 Å². The lowest BCUT2D eigenvalue weighted by molar-refractivity contribution is 0.411. The smallest absolute Gasteiger partial charge is 0.165 e. The van der Waals surface area contributed by atoms with Crippen LogP contribution in [0.4, 0.5) is 4.39 Å². The van der Waals surface area contributed by atoms with E-state index in [0.29, 0.717) is 11.5 Å². The molecule has 0 saturated heterocycles. The van der Waals surface area contributed by atoms with E-state index in [9.17, 15) is 9.50 Å². The van der Waals surface area contributed by atoms with Crippen molar-refractivity contribution in [2.75, 3.05) is 0 Å². The van der Waals surface area contributed by atoms with E-state index in [2.05, 4.69) is 0 Å². The molecule has 3 N–H and O–H groups in total. The predicted molar refractivity (Wildman–Crippen MR) is 59.2 cm³/mol. The van der Waals surface area contributed by atoms with E-state index < -0.39 is 5.82 Å². The van der Waals surface area contributed by atoms with Gasteiger partial charge in [0.15, 0.2) is 11.6 Å². The average Bonchev–Trinajstić information content (AvgIpc) is 2.09. The second kappa shape index (κ2) is 4.62. The lowest BCUT2D eigenvalue weighted by Gasteiger charge is -2.16. The van der Waals surface area contributed by atoms with E-state index in [0.717, 1.165) is 12.0 Å². The van der Waals surface area contributed by atoms with E-state index in [4.69, 9.17) is 5.73 Å². The van der Waals surface area contributed by atoms with Gasteiger partial charge in [-0.3, -0.25) is 0 Å². The summed E-state index contributed by atoms with van der Waals surface area (Å²) in [6.45, 7) is 5.88. The number of phenolic OH excluding ortho intramolecular Hbond substituents is 1. The predicted octanol–water partition coefficient (Wildman–Crippen LogP) is 2.89. The molecule has 0 aliphatic rings. The normalized spacial score (nSPS) is 13.2. The molecule has 0 amide bonds. The number of rotatable bonds is 3. The first kappa shape index (κ1) is 12.0. The number of halogens is 1. The summed E-state index contributed by atoms with van der Waals surface area (Å²) in [6, 6.07) is 2.74. The van der Waals surface area contributed by atoms with Crippen molar-refractivity contribution in [1.29, 1.82) is 0 Å². The van der Waals surface area contributed by atoms with Crippen LogP contribution in [0, 0.1) is 18.7 Å². The zero-order chi connectivity index (χ0) is 11.6. The third-order valence-electron chi connectivity index (χ3n) is 2.36. The number of aryl methyl sites for hydroxylation is 1. The standard InChI is InChI=1S/C12H18FNO/c1-7(2)4-11(14)9-5-8(3)6-10(13)12(9)15/h5-7,11,15H,4,14H2,1-3H3/t11-/m0/s1. The molecule has 1 atom stereocenters. The fourth-order valence-corrected chi connectivity index (χ4v) is 1.68. The Kier molecular flexibility index (Phi) is 3.69. The van der Waals surface area contributed by atoms with E-state index >= 15 is 0 Å². The largest absolute Gasteiger partial charge is 0.505 e. The van der Waals surface area contributed by atoms with Gasteiger partial charge in [0.2, 0.25) is 0 Å². The van der Waals surface area contributed by atoms with E-state index in [1.165, 1.54) is 6.07 Å². The molecular formula is C12H18FNO. The van der Waals surface area contributed by atoms with Crippen LogP contribution in [0.25, 0.3) is 0 Å². The number of hydrogen-bond acceptors (Lipinski definition) is 2. The monoisotopic (exact) mass is 211 g/mol. The quantitative estimate of drug-likeness (QED) is 0.807. The Morgan fingerprint density at radius 1 is 1.40 bits per heavy atom. The molecule has 0 fully saturated rings. The van der Waals surface area contributed by atoms with Crippen LogP contribution in [0.3, 0.4) is 0 Å². The molecule has 15 heavy (non-hydrogen) atoms. The summed E-state index contributed by atoms with van der Waals surface area (Å²) in [5, 5.41) is 9.55. The second-order valence-electron chi connectivity index (χ2n) is 4.42. The van der Waals surface area contributed by atoms with Crippen molar-refractivity contribution in [2.45, 2.75) is 33.2 Å². The van der Waals surface area contributed by atoms with Crippen molar-refractivity contribution in [3.05, 3.63) is 29.1 Å². The van der Waals surface area contributed by atoms with Crippen molar-refractivity contribution in [2.24, 2.45) is 11.7 Å². The molecule has 0 spiro atoms. The number of phenols is 1. The molecule has 1 aromatic carbocycles. The molecule has 1 rings (SSSR count). The van der Waals surface area contributed by atoms with Crippen LogP contribution in [0.5, 0.6) is 5.75 Å². The van der Waals surface area contributed by atoms with E-state index in [1.54, 1.807) is 13.0 Å². The second-order valence-corrected chi connectivity index (χ2v) is 4.42. The van der Waals surface area contributed by atoms with Crippen molar-refractivity contribution in [3.8, 4) is 5.75 Å². The average molecular weight is 211 g/mol.